The fraction of sp³-hybridized carbons (Fsp3) is 0.545. The molecule has 0 atom stereocenters. The van der Waals surface area contributed by atoms with Gasteiger partial charge in [0, 0.05) is 12.6 Å². The van der Waals surface area contributed by atoms with Crippen LogP contribution < -0.4 is 5.32 Å². The second-order valence-corrected chi connectivity index (χ2v) is 4.86. The van der Waals surface area contributed by atoms with Gasteiger partial charge in [-0.05, 0) is 53.5 Å². The van der Waals surface area contributed by atoms with Crippen LogP contribution in [0.1, 0.15) is 18.4 Å². The number of nitrogens with one attached hydrogen (secondary N) is 1. The Bertz CT molecular complexity index is 337. The first kappa shape index (κ1) is 11.0. The third-order valence-corrected chi connectivity index (χ3v) is 3.60. The van der Waals surface area contributed by atoms with E-state index in [-0.39, 0.29) is 0 Å². The minimum absolute atomic E-state index is 0.559. The molecule has 3 nitrogen and oxygen atoms in total. The molecule has 1 aromatic heterocycles. The maximum absolute atomic E-state index is 10.4. The van der Waals surface area contributed by atoms with E-state index in [2.05, 4.69) is 26.2 Å². The minimum Gasteiger partial charge on any atom is -0.389 e. The van der Waals surface area contributed by atoms with Gasteiger partial charge in [0.05, 0.1) is 5.60 Å². The second-order valence-electron chi connectivity index (χ2n) is 4.10. The van der Waals surface area contributed by atoms with E-state index in [0.29, 0.717) is 6.42 Å². The first-order valence-electron chi connectivity index (χ1n) is 5.22. The molecule has 1 fully saturated rings. The monoisotopic (exact) mass is 270 g/mol. The van der Waals surface area contributed by atoms with Crippen LogP contribution in [0, 0.1) is 0 Å². The maximum Gasteiger partial charge on any atom is 0.109 e. The molecule has 0 radical (unpaired) electrons. The number of nitrogens with zero attached hydrogens (tertiary/aromatic N) is 1. The Morgan fingerprint density at radius 3 is 2.87 bits per heavy atom. The first-order valence-corrected chi connectivity index (χ1v) is 6.01. The molecule has 0 saturated carbocycles. The van der Waals surface area contributed by atoms with Gasteiger partial charge >= 0.3 is 0 Å². The number of aliphatic hydroxyl groups is 1. The number of piperidine rings is 1. The molecular formula is C11H15BrN2O. The number of aromatic nitrogens is 1. The van der Waals surface area contributed by atoms with Crippen molar-refractivity contribution in [2.45, 2.75) is 24.9 Å². The van der Waals surface area contributed by atoms with Gasteiger partial charge in [0.15, 0.2) is 0 Å². The van der Waals surface area contributed by atoms with Crippen molar-refractivity contribution < 1.29 is 5.11 Å². The molecule has 0 amide bonds. The van der Waals surface area contributed by atoms with E-state index >= 15 is 0 Å². The summed E-state index contributed by atoms with van der Waals surface area (Å²) in [6, 6.07) is 3.92. The molecule has 1 saturated heterocycles. The largest absolute Gasteiger partial charge is 0.389 e. The van der Waals surface area contributed by atoms with Crippen LogP contribution in [0.25, 0.3) is 0 Å². The number of halogens is 1. The van der Waals surface area contributed by atoms with Gasteiger partial charge in [-0.25, -0.2) is 4.98 Å². The fourth-order valence-corrected chi connectivity index (χ4v) is 2.37. The summed E-state index contributed by atoms with van der Waals surface area (Å²) in [6.45, 7) is 1.79. The van der Waals surface area contributed by atoms with Crippen molar-refractivity contribution in [3.8, 4) is 0 Å². The summed E-state index contributed by atoms with van der Waals surface area (Å²) >= 11 is 3.41. The number of pyridine rings is 1. The van der Waals surface area contributed by atoms with Crippen LogP contribution >= 0.6 is 15.9 Å². The summed E-state index contributed by atoms with van der Waals surface area (Å²) in [7, 11) is 0. The van der Waals surface area contributed by atoms with Crippen molar-refractivity contribution in [3.63, 3.8) is 0 Å². The van der Waals surface area contributed by atoms with E-state index < -0.39 is 5.60 Å². The van der Waals surface area contributed by atoms with E-state index in [1.54, 1.807) is 6.20 Å². The zero-order chi connectivity index (χ0) is 10.7. The lowest BCUT2D eigenvalue weighted by Gasteiger charge is -2.32. The number of hydrogen-bond donors (Lipinski definition) is 2. The molecule has 2 rings (SSSR count). The van der Waals surface area contributed by atoms with Gasteiger partial charge in [-0.15, -0.1) is 0 Å². The highest BCUT2D eigenvalue weighted by atomic mass is 79.9. The van der Waals surface area contributed by atoms with Crippen LogP contribution in [-0.4, -0.2) is 28.8 Å². The maximum atomic E-state index is 10.4. The molecule has 2 heterocycles. The number of hydrogen-bond acceptors (Lipinski definition) is 3. The highest BCUT2D eigenvalue weighted by Gasteiger charge is 2.29. The second kappa shape index (κ2) is 4.60. The molecule has 0 aliphatic carbocycles. The van der Waals surface area contributed by atoms with Crippen molar-refractivity contribution in [1.29, 1.82) is 0 Å². The smallest absolute Gasteiger partial charge is 0.109 e. The SMILES string of the molecule is OC1(Cc2cccnc2Br)CCNCC1. The Morgan fingerprint density at radius 1 is 1.47 bits per heavy atom. The molecule has 0 aromatic carbocycles. The molecule has 1 aliphatic heterocycles. The first-order chi connectivity index (χ1) is 7.20. The quantitative estimate of drug-likeness (QED) is 0.801. The summed E-state index contributed by atoms with van der Waals surface area (Å²) in [5.41, 5.74) is 0.526. The van der Waals surface area contributed by atoms with E-state index in [4.69, 9.17) is 0 Å². The Labute approximate surface area is 98.0 Å². The predicted octanol–water partition coefficient (Wildman–Crippen LogP) is 1.50. The van der Waals surface area contributed by atoms with Crippen LogP contribution in [0.3, 0.4) is 0 Å². The van der Waals surface area contributed by atoms with Gasteiger partial charge in [-0.3, -0.25) is 0 Å². The lowest BCUT2D eigenvalue weighted by molar-refractivity contribution is 0.0106. The minimum atomic E-state index is -0.559. The van der Waals surface area contributed by atoms with Gasteiger partial charge < -0.3 is 10.4 Å². The molecule has 1 aromatic rings. The molecule has 1 aliphatic rings. The van der Waals surface area contributed by atoms with Gasteiger partial charge in [0.2, 0.25) is 0 Å². The zero-order valence-corrected chi connectivity index (χ0v) is 10.1. The Balaban J connectivity index is 2.10. The molecule has 82 valence electrons. The average molecular weight is 271 g/mol. The molecule has 15 heavy (non-hydrogen) atoms. The lowest BCUT2D eigenvalue weighted by atomic mass is 9.86. The van der Waals surface area contributed by atoms with E-state index in [0.717, 1.165) is 36.1 Å². The van der Waals surface area contributed by atoms with E-state index in [1.807, 2.05) is 12.1 Å². The van der Waals surface area contributed by atoms with Crippen LogP contribution in [0.15, 0.2) is 22.9 Å². The lowest BCUT2D eigenvalue weighted by Crippen LogP contribution is -2.43. The summed E-state index contributed by atoms with van der Waals surface area (Å²) in [5.74, 6) is 0. The Morgan fingerprint density at radius 2 is 2.20 bits per heavy atom. The zero-order valence-electron chi connectivity index (χ0n) is 8.54. The van der Waals surface area contributed by atoms with Crippen LogP contribution in [-0.2, 0) is 6.42 Å². The van der Waals surface area contributed by atoms with Crippen molar-refractivity contribution >= 4 is 15.9 Å². The van der Waals surface area contributed by atoms with E-state index in [9.17, 15) is 5.11 Å². The van der Waals surface area contributed by atoms with Crippen LogP contribution in [0.2, 0.25) is 0 Å². The molecule has 2 N–H and O–H groups in total. The van der Waals surface area contributed by atoms with Gasteiger partial charge in [-0.1, -0.05) is 6.07 Å². The summed E-state index contributed by atoms with van der Waals surface area (Å²) in [5, 5.41) is 13.6. The van der Waals surface area contributed by atoms with Crippen molar-refractivity contribution in [3.05, 3.63) is 28.5 Å². The van der Waals surface area contributed by atoms with Gasteiger partial charge in [-0.2, -0.15) is 0 Å². The normalized spacial score (nSPS) is 20.1. The highest BCUT2D eigenvalue weighted by Crippen LogP contribution is 2.25. The fourth-order valence-electron chi connectivity index (χ4n) is 1.97. The third kappa shape index (κ3) is 2.77. The summed E-state index contributed by atoms with van der Waals surface area (Å²) in [6.07, 6.45) is 4.06. The molecule has 4 heteroatoms. The van der Waals surface area contributed by atoms with E-state index in [1.165, 1.54) is 0 Å². The molecule has 0 unspecified atom stereocenters. The van der Waals surface area contributed by atoms with Crippen molar-refractivity contribution in [1.82, 2.24) is 10.3 Å². The standard InChI is InChI=1S/C11H15BrN2O/c12-10-9(2-1-5-14-10)8-11(15)3-6-13-7-4-11/h1-2,5,13,15H,3-4,6-8H2. The molecule has 0 bridgehead atoms. The van der Waals surface area contributed by atoms with Crippen LogP contribution in [0.4, 0.5) is 0 Å². The van der Waals surface area contributed by atoms with Crippen LogP contribution in [0.5, 0.6) is 0 Å². The highest BCUT2D eigenvalue weighted by molar-refractivity contribution is 9.10. The van der Waals surface area contributed by atoms with Crippen molar-refractivity contribution in [2.24, 2.45) is 0 Å². The van der Waals surface area contributed by atoms with Gasteiger partial charge in [0.25, 0.3) is 0 Å². The Kier molecular flexibility index (Phi) is 3.38. The third-order valence-electron chi connectivity index (χ3n) is 2.89. The topological polar surface area (TPSA) is 45.2 Å². The molecular weight excluding hydrogens is 256 g/mol. The summed E-state index contributed by atoms with van der Waals surface area (Å²) < 4.78 is 0.844. The van der Waals surface area contributed by atoms with Gasteiger partial charge in [0.1, 0.15) is 4.60 Å². The summed E-state index contributed by atoms with van der Waals surface area (Å²) in [4.78, 5) is 4.17. The molecule has 0 spiro atoms. The predicted molar refractivity (Wildman–Crippen MR) is 62.7 cm³/mol. The Hall–Kier alpha value is -0.450. The average Bonchev–Trinajstić information content (AvgIpc) is 2.22. The van der Waals surface area contributed by atoms with Crippen molar-refractivity contribution in [2.75, 3.05) is 13.1 Å². The number of rotatable bonds is 2.